The van der Waals surface area contributed by atoms with E-state index in [1.54, 1.807) is 0 Å². The van der Waals surface area contributed by atoms with E-state index in [4.69, 9.17) is 9.47 Å². The van der Waals surface area contributed by atoms with Gasteiger partial charge in [-0.05, 0) is 17.7 Å². The van der Waals surface area contributed by atoms with Gasteiger partial charge in [0.2, 0.25) is 6.79 Å². The van der Waals surface area contributed by atoms with Gasteiger partial charge in [0.25, 0.3) is 0 Å². The smallest absolute Gasteiger partial charge is 0.231 e. The zero-order valence-electron chi connectivity index (χ0n) is 9.17. The quantitative estimate of drug-likeness (QED) is 0.735. The van der Waals surface area contributed by atoms with Crippen LogP contribution in [0.15, 0.2) is 53.5 Å². The van der Waals surface area contributed by atoms with Gasteiger partial charge in [0, 0.05) is 12.3 Å². The minimum Gasteiger partial charge on any atom is -0.454 e. The van der Waals surface area contributed by atoms with Crippen LogP contribution >= 0.6 is 0 Å². The van der Waals surface area contributed by atoms with Crippen molar-refractivity contribution in [2.45, 2.75) is 0 Å². The molecular formula is C14H11NO2. The summed E-state index contributed by atoms with van der Waals surface area (Å²) in [6.07, 6.45) is 1.83. The van der Waals surface area contributed by atoms with Crippen molar-refractivity contribution in [3.8, 4) is 11.5 Å². The maximum atomic E-state index is 5.30. The second kappa shape index (κ2) is 4.29. The Morgan fingerprint density at radius 1 is 0.941 bits per heavy atom. The van der Waals surface area contributed by atoms with Gasteiger partial charge in [-0.25, -0.2) is 0 Å². The third-order valence-corrected chi connectivity index (χ3v) is 2.52. The topological polar surface area (TPSA) is 30.8 Å². The summed E-state index contributed by atoms with van der Waals surface area (Å²) in [5, 5.41) is 0. The Morgan fingerprint density at radius 3 is 2.65 bits per heavy atom. The van der Waals surface area contributed by atoms with E-state index in [2.05, 4.69) is 4.99 Å². The van der Waals surface area contributed by atoms with E-state index in [1.807, 2.05) is 54.7 Å². The monoisotopic (exact) mass is 225 g/mol. The molecule has 3 rings (SSSR count). The Labute approximate surface area is 99.3 Å². The molecule has 0 amide bonds. The number of benzene rings is 2. The molecule has 3 heteroatoms. The lowest BCUT2D eigenvalue weighted by atomic mass is 10.2. The van der Waals surface area contributed by atoms with Gasteiger partial charge in [-0.1, -0.05) is 30.3 Å². The molecule has 0 saturated carbocycles. The molecule has 3 nitrogen and oxygen atoms in total. The maximum Gasteiger partial charge on any atom is 0.231 e. The van der Waals surface area contributed by atoms with Crippen molar-refractivity contribution < 1.29 is 9.47 Å². The van der Waals surface area contributed by atoms with E-state index >= 15 is 0 Å². The molecule has 1 heterocycles. The van der Waals surface area contributed by atoms with Crippen LogP contribution in [0.1, 0.15) is 5.56 Å². The van der Waals surface area contributed by atoms with Crippen molar-refractivity contribution in [1.29, 1.82) is 0 Å². The largest absolute Gasteiger partial charge is 0.454 e. The van der Waals surface area contributed by atoms with Gasteiger partial charge in [-0.15, -0.1) is 0 Å². The van der Waals surface area contributed by atoms with E-state index in [-0.39, 0.29) is 0 Å². The van der Waals surface area contributed by atoms with Crippen molar-refractivity contribution in [3.63, 3.8) is 0 Å². The standard InChI is InChI=1S/C14H11NO2/c1-2-4-11(5-3-1)9-15-12-6-7-13-14(8-12)17-10-16-13/h1-9H,10H2. The molecule has 0 aliphatic carbocycles. The molecule has 0 atom stereocenters. The van der Waals surface area contributed by atoms with E-state index in [9.17, 15) is 0 Å². The van der Waals surface area contributed by atoms with Gasteiger partial charge in [0.15, 0.2) is 11.5 Å². The first-order valence-electron chi connectivity index (χ1n) is 5.40. The Hall–Kier alpha value is -2.29. The average Bonchev–Trinajstić information content (AvgIpc) is 2.85. The van der Waals surface area contributed by atoms with Crippen LogP contribution in [-0.4, -0.2) is 13.0 Å². The number of hydrogen-bond donors (Lipinski definition) is 0. The van der Waals surface area contributed by atoms with Gasteiger partial charge in [0.1, 0.15) is 0 Å². The van der Waals surface area contributed by atoms with E-state index in [0.29, 0.717) is 6.79 Å². The van der Waals surface area contributed by atoms with Crippen LogP contribution in [0, 0.1) is 0 Å². The van der Waals surface area contributed by atoms with E-state index in [0.717, 1.165) is 22.7 Å². The summed E-state index contributed by atoms with van der Waals surface area (Å²) in [5.74, 6) is 1.54. The average molecular weight is 225 g/mol. The van der Waals surface area contributed by atoms with Gasteiger partial charge >= 0.3 is 0 Å². The summed E-state index contributed by atoms with van der Waals surface area (Å²) in [5.41, 5.74) is 1.93. The lowest BCUT2D eigenvalue weighted by molar-refractivity contribution is 0.174. The molecule has 0 N–H and O–H groups in total. The second-order valence-electron chi connectivity index (χ2n) is 3.71. The Balaban J connectivity index is 1.84. The molecule has 0 saturated heterocycles. The fourth-order valence-corrected chi connectivity index (χ4v) is 1.65. The van der Waals surface area contributed by atoms with E-state index in [1.165, 1.54) is 0 Å². The molecule has 0 radical (unpaired) electrons. The molecule has 0 aromatic heterocycles. The first-order chi connectivity index (χ1) is 8.42. The minimum absolute atomic E-state index is 0.293. The predicted octanol–water partition coefficient (Wildman–Crippen LogP) is 3.17. The third-order valence-electron chi connectivity index (χ3n) is 2.52. The lowest BCUT2D eigenvalue weighted by Crippen LogP contribution is -1.92. The Morgan fingerprint density at radius 2 is 1.76 bits per heavy atom. The molecule has 0 unspecified atom stereocenters. The van der Waals surface area contributed by atoms with Gasteiger partial charge < -0.3 is 9.47 Å². The highest BCUT2D eigenvalue weighted by molar-refractivity contribution is 5.82. The van der Waals surface area contributed by atoms with Crippen molar-refractivity contribution in [1.82, 2.24) is 0 Å². The van der Waals surface area contributed by atoms with Crippen LogP contribution < -0.4 is 9.47 Å². The summed E-state index contributed by atoms with van der Waals surface area (Å²) in [6.45, 7) is 0.293. The van der Waals surface area contributed by atoms with E-state index < -0.39 is 0 Å². The van der Waals surface area contributed by atoms with Gasteiger partial charge in [-0.2, -0.15) is 0 Å². The minimum atomic E-state index is 0.293. The van der Waals surface area contributed by atoms with Crippen molar-refractivity contribution in [2.24, 2.45) is 4.99 Å². The van der Waals surface area contributed by atoms with Crippen LogP contribution in [0.2, 0.25) is 0 Å². The highest BCUT2D eigenvalue weighted by Gasteiger charge is 2.12. The number of fused-ring (bicyclic) bond motifs is 1. The first kappa shape index (κ1) is 9.90. The van der Waals surface area contributed by atoms with Crippen molar-refractivity contribution >= 4 is 11.9 Å². The van der Waals surface area contributed by atoms with Crippen LogP contribution in [0.3, 0.4) is 0 Å². The second-order valence-corrected chi connectivity index (χ2v) is 3.71. The summed E-state index contributed by atoms with van der Waals surface area (Å²) in [4.78, 5) is 4.39. The predicted molar refractivity (Wildman–Crippen MR) is 66.3 cm³/mol. The summed E-state index contributed by atoms with van der Waals surface area (Å²) >= 11 is 0. The zero-order valence-corrected chi connectivity index (χ0v) is 9.17. The van der Waals surface area contributed by atoms with Crippen molar-refractivity contribution in [3.05, 3.63) is 54.1 Å². The lowest BCUT2D eigenvalue weighted by Gasteiger charge is -1.97. The molecule has 0 fully saturated rings. The Kier molecular flexibility index (Phi) is 2.50. The summed E-state index contributed by atoms with van der Waals surface area (Å²) in [6, 6.07) is 15.6. The van der Waals surface area contributed by atoms with Crippen molar-refractivity contribution in [2.75, 3.05) is 6.79 Å². The van der Waals surface area contributed by atoms with Crippen LogP contribution in [0.5, 0.6) is 11.5 Å². The highest BCUT2D eigenvalue weighted by atomic mass is 16.7. The SMILES string of the molecule is C(=Nc1ccc2c(c1)OCO2)c1ccccc1. The number of ether oxygens (including phenoxy) is 2. The third kappa shape index (κ3) is 2.13. The maximum absolute atomic E-state index is 5.30. The molecular weight excluding hydrogens is 214 g/mol. The van der Waals surface area contributed by atoms with Gasteiger partial charge in [-0.3, -0.25) is 4.99 Å². The fraction of sp³-hybridized carbons (Fsp3) is 0.0714. The molecule has 2 aromatic rings. The first-order valence-corrected chi connectivity index (χ1v) is 5.40. The zero-order chi connectivity index (χ0) is 11.5. The fourth-order valence-electron chi connectivity index (χ4n) is 1.65. The van der Waals surface area contributed by atoms with Crippen LogP contribution in [-0.2, 0) is 0 Å². The number of aliphatic imine (C=N–C) groups is 1. The molecule has 1 aliphatic rings. The van der Waals surface area contributed by atoms with Gasteiger partial charge in [0.05, 0.1) is 5.69 Å². The summed E-state index contributed by atoms with van der Waals surface area (Å²) in [7, 11) is 0. The molecule has 1 aliphatic heterocycles. The normalized spacial score (nSPS) is 13.2. The number of nitrogens with zero attached hydrogens (tertiary/aromatic N) is 1. The molecule has 84 valence electrons. The van der Waals surface area contributed by atoms with Crippen LogP contribution in [0.4, 0.5) is 5.69 Å². The summed E-state index contributed by atoms with van der Waals surface area (Å²) < 4.78 is 10.5. The van der Waals surface area contributed by atoms with Crippen LogP contribution in [0.25, 0.3) is 0 Å². The molecule has 0 spiro atoms. The molecule has 0 bridgehead atoms. The number of rotatable bonds is 2. The molecule has 2 aromatic carbocycles. The highest BCUT2D eigenvalue weighted by Crippen LogP contribution is 2.35. The molecule has 17 heavy (non-hydrogen) atoms. The number of hydrogen-bond acceptors (Lipinski definition) is 3. The Bertz CT molecular complexity index is 549.